The summed E-state index contributed by atoms with van der Waals surface area (Å²) in [4.78, 5) is 17.6. The first-order valence-electron chi connectivity index (χ1n) is 8.37. The number of hydrogen-bond donors (Lipinski definition) is 2. The summed E-state index contributed by atoms with van der Waals surface area (Å²) < 4.78 is 0. The number of nitrogens with zero attached hydrogens (tertiary/aromatic N) is 1. The number of rotatable bonds is 5. The standard InChI is InChI=1S/C19H25N3O.2ClH/c1-11-7-12(2)18-15(8-11)16(9-17(22-18)14-5-6-14)19(23)21-10-13(3)20-4;;/h7-9,13-14,20H,5-6,10H2,1-4H3,(H,21,23);2*1H. The summed E-state index contributed by atoms with van der Waals surface area (Å²) in [7, 11) is 1.90. The lowest BCUT2D eigenvalue weighted by molar-refractivity contribution is 0.0952. The third-order valence-corrected chi connectivity index (χ3v) is 4.57. The van der Waals surface area contributed by atoms with Crippen molar-refractivity contribution in [3.8, 4) is 0 Å². The van der Waals surface area contributed by atoms with E-state index >= 15 is 0 Å². The highest BCUT2D eigenvalue weighted by Crippen LogP contribution is 2.40. The maximum Gasteiger partial charge on any atom is 0.252 e. The van der Waals surface area contributed by atoms with Gasteiger partial charge in [0.2, 0.25) is 0 Å². The number of hydrogen-bond acceptors (Lipinski definition) is 3. The van der Waals surface area contributed by atoms with Crippen molar-refractivity contribution >= 4 is 41.6 Å². The molecule has 138 valence electrons. The van der Waals surface area contributed by atoms with Crippen molar-refractivity contribution in [2.24, 2.45) is 0 Å². The number of fused-ring (bicyclic) bond motifs is 1. The van der Waals surface area contributed by atoms with Crippen molar-refractivity contribution in [2.75, 3.05) is 13.6 Å². The number of amides is 1. The van der Waals surface area contributed by atoms with Crippen molar-refractivity contribution in [1.29, 1.82) is 0 Å². The number of aryl methyl sites for hydroxylation is 2. The Labute approximate surface area is 162 Å². The number of likely N-dealkylation sites (N-methyl/N-ethyl adjacent to an activating group) is 1. The first-order chi connectivity index (χ1) is 11.0. The molecular formula is C19H27Cl2N3O. The molecule has 1 aromatic carbocycles. The Balaban J connectivity index is 0.00000156. The first-order valence-corrected chi connectivity index (χ1v) is 8.37. The molecule has 25 heavy (non-hydrogen) atoms. The van der Waals surface area contributed by atoms with E-state index in [9.17, 15) is 4.79 Å². The van der Waals surface area contributed by atoms with Crippen LogP contribution in [0.2, 0.25) is 0 Å². The molecule has 0 radical (unpaired) electrons. The molecule has 1 unspecified atom stereocenters. The van der Waals surface area contributed by atoms with Crippen LogP contribution in [-0.4, -0.2) is 30.5 Å². The first kappa shape index (κ1) is 21.7. The number of halogens is 2. The number of carbonyl (C=O) groups is 1. The topological polar surface area (TPSA) is 54.0 Å². The summed E-state index contributed by atoms with van der Waals surface area (Å²) >= 11 is 0. The monoisotopic (exact) mass is 383 g/mol. The molecule has 0 spiro atoms. The molecule has 0 saturated heterocycles. The van der Waals surface area contributed by atoms with Gasteiger partial charge in [-0.1, -0.05) is 11.6 Å². The Morgan fingerprint density at radius 2 is 1.92 bits per heavy atom. The molecule has 2 aromatic rings. The Kier molecular flexibility index (Phi) is 7.66. The molecule has 1 amide bonds. The molecule has 0 bridgehead atoms. The van der Waals surface area contributed by atoms with E-state index in [4.69, 9.17) is 4.98 Å². The fourth-order valence-corrected chi connectivity index (χ4v) is 2.92. The van der Waals surface area contributed by atoms with E-state index in [2.05, 4.69) is 43.5 Å². The highest BCUT2D eigenvalue weighted by atomic mass is 35.5. The minimum atomic E-state index is -0.00796. The van der Waals surface area contributed by atoms with Gasteiger partial charge in [-0.15, -0.1) is 24.8 Å². The van der Waals surface area contributed by atoms with Crippen molar-refractivity contribution in [3.05, 3.63) is 40.6 Å². The van der Waals surface area contributed by atoms with Crippen molar-refractivity contribution < 1.29 is 4.79 Å². The molecule has 1 aromatic heterocycles. The number of benzene rings is 1. The van der Waals surface area contributed by atoms with Gasteiger partial charge in [0.15, 0.2) is 0 Å². The lowest BCUT2D eigenvalue weighted by Crippen LogP contribution is -2.37. The van der Waals surface area contributed by atoms with Gasteiger partial charge in [-0.25, -0.2) is 0 Å². The average Bonchev–Trinajstić information content (AvgIpc) is 3.36. The fourth-order valence-electron chi connectivity index (χ4n) is 2.92. The Hall–Kier alpha value is -1.36. The number of pyridine rings is 1. The van der Waals surface area contributed by atoms with E-state index in [1.807, 2.05) is 13.1 Å². The van der Waals surface area contributed by atoms with E-state index in [0.717, 1.165) is 33.3 Å². The molecule has 1 fully saturated rings. The van der Waals surface area contributed by atoms with Crippen LogP contribution in [0.4, 0.5) is 0 Å². The minimum absolute atomic E-state index is 0. The number of carbonyl (C=O) groups excluding carboxylic acids is 1. The van der Waals surface area contributed by atoms with Gasteiger partial charge in [0.1, 0.15) is 0 Å². The highest BCUT2D eigenvalue weighted by molar-refractivity contribution is 6.07. The lowest BCUT2D eigenvalue weighted by Gasteiger charge is -2.14. The van der Waals surface area contributed by atoms with Gasteiger partial charge in [0.05, 0.1) is 11.1 Å². The van der Waals surface area contributed by atoms with E-state index in [1.54, 1.807) is 0 Å². The molecule has 4 nitrogen and oxygen atoms in total. The summed E-state index contributed by atoms with van der Waals surface area (Å²) in [6.07, 6.45) is 2.36. The van der Waals surface area contributed by atoms with Crippen LogP contribution in [0, 0.1) is 13.8 Å². The second kappa shape index (κ2) is 8.84. The fraction of sp³-hybridized carbons (Fsp3) is 0.474. The number of nitrogens with one attached hydrogen (secondary N) is 2. The van der Waals surface area contributed by atoms with Gasteiger partial charge in [0.25, 0.3) is 5.91 Å². The lowest BCUT2D eigenvalue weighted by atomic mass is 10.00. The van der Waals surface area contributed by atoms with Crippen LogP contribution < -0.4 is 10.6 Å². The van der Waals surface area contributed by atoms with Gasteiger partial charge < -0.3 is 10.6 Å². The minimum Gasteiger partial charge on any atom is -0.350 e. The van der Waals surface area contributed by atoms with Crippen LogP contribution in [-0.2, 0) is 0 Å². The van der Waals surface area contributed by atoms with Crippen LogP contribution in [0.25, 0.3) is 10.9 Å². The largest absolute Gasteiger partial charge is 0.350 e. The third kappa shape index (κ3) is 4.84. The van der Waals surface area contributed by atoms with E-state index < -0.39 is 0 Å². The molecule has 1 saturated carbocycles. The third-order valence-electron chi connectivity index (χ3n) is 4.57. The van der Waals surface area contributed by atoms with E-state index in [0.29, 0.717) is 12.5 Å². The Morgan fingerprint density at radius 1 is 1.24 bits per heavy atom. The zero-order valence-corrected chi connectivity index (χ0v) is 16.8. The van der Waals surface area contributed by atoms with Gasteiger partial charge >= 0.3 is 0 Å². The van der Waals surface area contributed by atoms with E-state index in [-0.39, 0.29) is 36.8 Å². The van der Waals surface area contributed by atoms with Gasteiger partial charge in [0, 0.05) is 29.6 Å². The molecule has 2 N–H and O–H groups in total. The van der Waals surface area contributed by atoms with Gasteiger partial charge in [-0.2, -0.15) is 0 Å². The predicted molar refractivity (Wildman–Crippen MR) is 109 cm³/mol. The second-order valence-corrected chi connectivity index (χ2v) is 6.75. The highest BCUT2D eigenvalue weighted by Gasteiger charge is 2.27. The van der Waals surface area contributed by atoms with Crippen LogP contribution in [0.3, 0.4) is 0 Å². The summed E-state index contributed by atoms with van der Waals surface area (Å²) in [6, 6.07) is 6.45. The second-order valence-electron chi connectivity index (χ2n) is 6.75. The van der Waals surface area contributed by atoms with Gasteiger partial charge in [-0.05, 0) is 58.4 Å². The molecule has 1 atom stereocenters. The van der Waals surface area contributed by atoms with E-state index in [1.165, 1.54) is 12.8 Å². The zero-order valence-electron chi connectivity index (χ0n) is 15.2. The van der Waals surface area contributed by atoms with Gasteiger partial charge in [-0.3, -0.25) is 9.78 Å². The number of aromatic nitrogens is 1. The van der Waals surface area contributed by atoms with Crippen LogP contribution in [0.5, 0.6) is 0 Å². The Morgan fingerprint density at radius 3 is 2.52 bits per heavy atom. The molecule has 1 aliphatic rings. The van der Waals surface area contributed by atoms with Crippen LogP contribution in [0.1, 0.15) is 52.9 Å². The molecular weight excluding hydrogens is 357 g/mol. The summed E-state index contributed by atoms with van der Waals surface area (Å²) in [5.41, 5.74) is 5.09. The molecule has 3 rings (SSSR count). The van der Waals surface area contributed by atoms with Crippen molar-refractivity contribution in [3.63, 3.8) is 0 Å². The summed E-state index contributed by atoms with van der Waals surface area (Å²) in [6.45, 7) is 6.80. The van der Waals surface area contributed by atoms with Crippen molar-refractivity contribution in [2.45, 2.75) is 45.6 Å². The predicted octanol–water partition coefficient (Wildman–Crippen LogP) is 3.91. The zero-order chi connectivity index (χ0) is 16.6. The SMILES string of the molecule is CNC(C)CNC(=O)c1cc(C2CC2)nc2c(C)cc(C)cc12.Cl.Cl. The molecule has 1 heterocycles. The maximum atomic E-state index is 12.7. The van der Waals surface area contributed by atoms with Crippen molar-refractivity contribution in [1.82, 2.24) is 15.6 Å². The summed E-state index contributed by atoms with van der Waals surface area (Å²) in [5.74, 6) is 0.522. The Bertz CT molecular complexity index is 760. The normalized spacial score (nSPS) is 14.4. The quantitative estimate of drug-likeness (QED) is 0.822. The van der Waals surface area contributed by atoms with Crippen LogP contribution >= 0.6 is 24.8 Å². The summed E-state index contributed by atoms with van der Waals surface area (Å²) in [5, 5.41) is 7.14. The maximum absolute atomic E-state index is 12.7. The average molecular weight is 384 g/mol. The molecule has 1 aliphatic carbocycles. The van der Waals surface area contributed by atoms with Crippen LogP contribution in [0.15, 0.2) is 18.2 Å². The molecule has 0 aliphatic heterocycles. The smallest absolute Gasteiger partial charge is 0.252 e. The molecule has 6 heteroatoms.